The molecule has 0 saturated carbocycles. The molecule has 41 heavy (non-hydrogen) atoms. The fourth-order valence-corrected chi connectivity index (χ4v) is 5.69. The van der Waals surface area contributed by atoms with Crippen LogP contribution in [0.1, 0.15) is 33.8 Å². The van der Waals surface area contributed by atoms with Gasteiger partial charge in [-0.1, -0.05) is 12.1 Å². The van der Waals surface area contributed by atoms with E-state index in [4.69, 9.17) is 0 Å². The SMILES string of the molecule is C[C@H](NC(=O)c1cccnc1NCc1ccc(-c2ccc3ncnc(N4CC(O)C4)c3c2)s1)c1ccc(F)c(F)c1. The van der Waals surface area contributed by atoms with E-state index in [-0.39, 0.29) is 12.0 Å². The van der Waals surface area contributed by atoms with Gasteiger partial charge in [0.15, 0.2) is 11.6 Å². The summed E-state index contributed by atoms with van der Waals surface area (Å²) >= 11 is 1.62. The predicted molar refractivity (Wildman–Crippen MR) is 155 cm³/mol. The van der Waals surface area contributed by atoms with Gasteiger partial charge < -0.3 is 20.6 Å². The van der Waals surface area contributed by atoms with Crippen LogP contribution in [0.3, 0.4) is 0 Å². The summed E-state index contributed by atoms with van der Waals surface area (Å²) in [6.07, 6.45) is 2.82. The van der Waals surface area contributed by atoms with Crippen LogP contribution in [-0.4, -0.2) is 45.2 Å². The number of aromatic nitrogens is 3. The minimum atomic E-state index is -0.962. The second-order valence-electron chi connectivity index (χ2n) is 9.88. The highest BCUT2D eigenvalue weighted by atomic mass is 32.1. The van der Waals surface area contributed by atoms with Gasteiger partial charge in [0.2, 0.25) is 0 Å². The number of halogens is 2. The largest absolute Gasteiger partial charge is 0.389 e. The Hall–Kier alpha value is -4.48. The van der Waals surface area contributed by atoms with Crippen molar-refractivity contribution in [1.29, 1.82) is 0 Å². The summed E-state index contributed by atoms with van der Waals surface area (Å²) in [5.74, 6) is -1.04. The van der Waals surface area contributed by atoms with Gasteiger partial charge in [-0.05, 0) is 66.6 Å². The third-order valence-electron chi connectivity index (χ3n) is 7.00. The van der Waals surface area contributed by atoms with E-state index in [0.717, 1.165) is 44.2 Å². The maximum absolute atomic E-state index is 13.7. The van der Waals surface area contributed by atoms with Gasteiger partial charge in [0.25, 0.3) is 5.91 Å². The van der Waals surface area contributed by atoms with Crippen molar-refractivity contribution in [3.8, 4) is 10.4 Å². The van der Waals surface area contributed by atoms with Gasteiger partial charge in [-0.3, -0.25) is 4.79 Å². The van der Waals surface area contributed by atoms with Crippen molar-refractivity contribution < 1.29 is 18.7 Å². The molecule has 8 nitrogen and oxygen atoms in total. The van der Waals surface area contributed by atoms with Crippen LogP contribution in [0.4, 0.5) is 20.4 Å². The van der Waals surface area contributed by atoms with Gasteiger partial charge in [-0.2, -0.15) is 0 Å². The van der Waals surface area contributed by atoms with Gasteiger partial charge in [0.05, 0.1) is 29.8 Å². The molecule has 4 heterocycles. The van der Waals surface area contributed by atoms with Crippen molar-refractivity contribution in [2.24, 2.45) is 0 Å². The minimum absolute atomic E-state index is 0.330. The zero-order valence-electron chi connectivity index (χ0n) is 22.0. The molecule has 1 aliphatic rings. The number of β-amino-alcohol motifs (C(OH)–C–C–N with tert-alkyl or cyclic N) is 1. The first kappa shape index (κ1) is 26.7. The maximum atomic E-state index is 13.7. The van der Waals surface area contributed by atoms with Crippen LogP contribution in [0.25, 0.3) is 21.3 Å². The Morgan fingerprint density at radius 2 is 1.93 bits per heavy atom. The molecule has 3 N–H and O–H groups in total. The molecule has 0 aliphatic carbocycles. The highest BCUT2D eigenvalue weighted by Crippen LogP contribution is 2.34. The molecular weight excluding hydrogens is 546 g/mol. The van der Waals surface area contributed by atoms with E-state index in [2.05, 4.69) is 37.7 Å². The van der Waals surface area contributed by atoms with Gasteiger partial charge in [-0.15, -0.1) is 11.3 Å². The lowest BCUT2D eigenvalue weighted by Crippen LogP contribution is -2.51. The van der Waals surface area contributed by atoms with Crippen molar-refractivity contribution in [2.75, 3.05) is 23.3 Å². The van der Waals surface area contributed by atoms with E-state index >= 15 is 0 Å². The van der Waals surface area contributed by atoms with E-state index in [0.29, 0.717) is 36.6 Å². The van der Waals surface area contributed by atoms with Crippen molar-refractivity contribution in [2.45, 2.75) is 25.6 Å². The number of anilines is 2. The van der Waals surface area contributed by atoms with Crippen molar-refractivity contribution in [3.63, 3.8) is 0 Å². The molecule has 1 atom stereocenters. The Balaban J connectivity index is 1.15. The van der Waals surface area contributed by atoms with E-state index in [1.165, 1.54) is 6.07 Å². The molecule has 208 valence electrons. The number of fused-ring (bicyclic) bond motifs is 1. The topological polar surface area (TPSA) is 103 Å². The number of benzene rings is 2. The van der Waals surface area contributed by atoms with Crippen LogP contribution in [0, 0.1) is 11.6 Å². The Morgan fingerprint density at radius 3 is 2.73 bits per heavy atom. The number of thiophene rings is 1. The smallest absolute Gasteiger partial charge is 0.255 e. The summed E-state index contributed by atoms with van der Waals surface area (Å²) in [5, 5.41) is 16.8. The van der Waals surface area contributed by atoms with Gasteiger partial charge in [0.1, 0.15) is 18.0 Å². The standard InChI is InChI=1S/C30H26F2N6O2S/c1-17(18-4-7-24(31)25(32)12-18)37-30(40)22-3-2-10-33-28(22)34-13-21-6-9-27(41-21)19-5-8-26-23(11-19)29(36-16-35-26)38-14-20(39)15-38/h2-12,16-17,20,39H,13-15H2,1H3,(H,33,34)(H,37,40)/t17-/m0/s1. The van der Waals surface area contributed by atoms with E-state index in [1.54, 1.807) is 42.9 Å². The molecule has 1 aliphatic heterocycles. The molecular formula is C30H26F2N6O2S. The van der Waals surface area contributed by atoms with Crippen LogP contribution in [0.15, 0.2) is 73.2 Å². The number of hydrogen-bond acceptors (Lipinski definition) is 8. The van der Waals surface area contributed by atoms with Crippen LogP contribution >= 0.6 is 11.3 Å². The zero-order chi connectivity index (χ0) is 28.5. The lowest BCUT2D eigenvalue weighted by molar-refractivity contribution is 0.0940. The number of pyridine rings is 1. The Bertz CT molecular complexity index is 1740. The third kappa shape index (κ3) is 5.59. The third-order valence-corrected chi connectivity index (χ3v) is 8.13. The first-order chi connectivity index (χ1) is 19.9. The predicted octanol–water partition coefficient (Wildman–Crippen LogP) is 5.32. The summed E-state index contributed by atoms with van der Waals surface area (Å²) in [5.41, 5.74) is 2.68. The van der Waals surface area contributed by atoms with Crippen molar-refractivity contribution >= 4 is 39.8 Å². The van der Waals surface area contributed by atoms with Crippen LogP contribution < -0.4 is 15.5 Å². The number of hydrogen-bond donors (Lipinski definition) is 3. The lowest BCUT2D eigenvalue weighted by atomic mass is 10.1. The fourth-order valence-electron chi connectivity index (χ4n) is 4.74. The molecule has 0 radical (unpaired) electrons. The summed E-state index contributed by atoms with van der Waals surface area (Å²) in [7, 11) is 0. The number of amides is 1. The minimum Gasteiger partial charge on any atom is -0.389 e. The van der Waals surface area contributed by atoms with Crippen LogP contribution in [-0.2, 0) is 6.54 Å². The molecule has 3 aromatic heterocycles. The van der Waals surface area contributed by atoms with Gasteiger partial charge in [-0.25, -0.2) is 23.7 Å². The van der Waals surface area contributed by atoms with Crippen LogP contribution in [0.5, 0.6) is 0 Å². The summed E-state index contributed by atoms with van der Waals surface area (Å²) in [6, 6.07) is 16.5. The number of aliphatic hydroxyl groups is 1. The highest BCUT2D eigenvalue weighted by Gasteiger charge is 2.27. The zero-order valence-corrected chi connectivity index (χ0v) is 22.8. The lowest BCUT2D eigenvalue weighted by Gasteiger charge is -2.37. The Kier molecular flexibility index (Phi) is 7.29. The average molecular weight is 573 g/mol. The average Bonchev–Trinajstić information content (AvgIpc) is 3.44. The van der Waals surface area contributed by atoms with Gasteiger partial charge >= 0.3 is 0 Å². The van der Waals surface area contributed by atoms with E-state index in [9.17, 15) is 18.7 Å². The maximum Gasteiger partial charge on any atom is 0.255 e. The molecule has 1 fully saturated rings. The monoisotopic (exact) mass is 572 g/mol. The molecule has 1 amide bonds. The van der Waals surface area contributed by atoms with Crippen molar-refractivity contribution in [1.82, 2.24) is 20.3 Å². The second kappa shape index (κ2) is 11.2. The molecule has 2 aromatic carbocycles. The summed E-state index contributed by atoms with van der Waals surface area (Å²) < 4.78 is 27.0. The van der Waals surface area contributed by atoms with Crippen molar-refractivity contribution in [3.05, 3.63) is 101 Å². The normalized spacial score (nSPS) is 14.1. The van der Waals surface area contributed by atoms with Gasteiger partial charge in [0, 0.05) is 34.4 Å². The number of rotatable bonds is 8. The number of nitrogens with zero attached hydrogens (tertiary/aromatic N) is 4. The Labute approximate surface area is 238 Å². The summed E-state index contributed by atoms with van der Waals surface area (Å²) in [6.45, 7) is 3.27. The number of nitrogens with one attached hydrogen (secondary N) is 2. The number of aliphatic hydroxyl groups excluding tert-OH is 1. The van der Waals surface area contributed by atoms with E-state index in [1.807, 2.05) is 23.1 Å². The van der Waals surface area contributed by atoms with E-state index < -0.39 is 17.7 Å². The molecule has 5 aromatic rings. The number of carbonyl (C=O) groups excluding carboxylic acids is 1. The molecule has 1 saturated heterocycles. The summed E-state index contributed by atoms with van der Waals surface area (Å²) in [4.78, 5) is 30.4. The first-order valence-electron chi connectivity index (χ1n) is 13.1. The quantitative estimate of drug-likeness (QED) is 0.231. The van der Waals surface area contributed by atoms with Crippen LogP contribution in [0.2, 0.25) is 0 Å². The Morgan fingerprint density at radius 1 is 1.07 bits per heavy atom. The molecule has 0 spiro atoms. The number of carbonyl (C=O) groups is 1. The molecule has 0 unspecified atom stereocenters. The fraction of sp³-hybridized carbons (Fsp3) is 0.200. The second-order valence-corrected chi connectivity index (χ2v) is 11.0. The molecule has 11 heteroatoms. The molecule has 0 bridgehead atoms. The first-order valence-corrected chi connectivity index (χ1v) is 13.9. The highest BCUT2D eigenvalue weighted by molar-refractivity contribution is 7.15. The molecule has 6 rings (SSSR count).